The molecule has 1 heteroatoms. The predicted octanol–water partition coefficient (Wildman–Crippen LogP) is 6.15. The smallest absolute Gasteiger partial charge is 0.0897 e. The molecule has 1 nitrogen and oxygen atoms in total. The van der Waals surface area contributed by atoms with E-state index < -0.39 is 0 Å². The van der Waals surface area contributed by atoms with Crippen molar-refractivity contribution in [2.75, 3.05) is 0 Å². The Morgan fingerprint density at radius 2 is 1.91 bits per heavy atom. The molecule has 0 N–H and O–H groups in total. The van der Waals surface area contributed by atoms with Gasteiger partial charge in [0, 0.05) is 5.92 Å². The second kappa shape index (κ2) is 6.28. The molecular formula is C22H30O. The molecule has 0 aromatic heterocycles. The van der Waals surface area contributed by atoms with Gasteiger partial charge in [-0.25, -0.2) is 0 Å². The number of rotatable bonds is 3. The summed E-state index contributed by atoms with van der Waals surface area (Å²) < 4.78 is 6.80. The second-order valence-corrected chi connectivity index (χ2v) is 7.97. The number of ether oxygens (including phenoxy) is 1. The van der Waals surface area contributed by atoms with Crippen LogP contribution in [0.15, 0.2) is 47.6 Å². The van der Waals surface area contributed by atoms with Crippen LogP contribution in [0.4, 0.5) is 0 Å². The monoisotopic (exact) mass is 310 g/mol. The van der Waals surface area contributed by atoms with E-state index in [9.17, 15) is 0 Å². The molecule has 1 fully saturated rings. The highest BCUT2D eigenvalue weighted by atomic mass is 16.5. The van der Waals surface area contributed by atoms with Crippen molar-refractivity contribution in [3.63, 3.8) is 0 Å². The summed E-state index contributed by atoms with van der Waals surface area (Å²) in [4.78, 5) is 0. The summed E-state index contributed by atoms with van der Waals surface area (Å²) in [7, 11) is 0. The third kappa shape index (κ3) is 3.30. The van der Waals surface area contributed by atoms with Crippen molar-refractivity contribution in [2.24, 2.45) is 11.8 Å². The van der Waals surface area contributed by atoms with E-state index in [-0.39, 0.29) is 11.7 Å². The molecule has 124 valence electrons. The van der Waals surface area contributed by atoms with Crippen LogP contribution in [0.3, 0.4) is 0 Å². The van der Waals surface area contributed by atoms with Crippen molar-refractivity contribution in [3.05, 3.63) is 58.7 Å². The molecule has 0 unspecified atom stereocenters. The zero-order valence-corrected chi connectivity index (χ0v) is 15.2. The van der Waals surface area contributed by atoms with Gasteiger partial charge < -0.3 is 4.74 Å². The van der Waals surface area contributed by atoms with Crippen LogP contribution in [0.2, 0.25) is 0 Å². The fraction of sp³-hybridized carbons (Fsp3) is 0.545. The molecule has 2 bridgehead atoms. The molecule has 1 aliphatic heterocycles. The van der Waals surface area contributed by atoms with Crippen LogP contribution in [0.1, 0.15) is 64.2 Å². The summed E-state index contributed by atoms with van der Waals surface area (Å²) in [6, 6.07) is 8.92. The Balaban J connectivity index is 1.94. The van der Waals surface area contributed by atoms with Gasteiger partial charge in [-0.15, -0.1) is 0 Å². The number of hydrogen-bond donors (Lipinski definition) is 0. The van der Waals surface area contributed by atoms with E-state index in [1.807, 2.05) is 0 Å². The molecule has 1 saturated heterocycles. The number of aryl methyl sites for hydroxylation is 1. The number of hydrogen-bond acceptors (Lipinski definition) is 1. The van der Waals surface area contributed by atoms with Crippen LogP contribution >= 0.6 is 0 Å². The van der Waals surface area contributed by atoms with Gasteiger partial charge >= 0.3 is 0 Å². The zero-order valence-electron chi connectivity index (χ0n) is 15.2. The molecule has 0 amide bonds. The zero-order chi connectivity index (χ0) is 16.6. The molecule has 1 heterocycles. The molecule has 1 aromatic carbocycles. The van der Waals surface area contributed by atoms with Crippen LogP contribution in [0.25, 0.3) is 0 Å². The quantitative estimate of drug-likeness (QED) is 0.608. The fourth-order valence-corrected chi connectivity index (χ4v) is 4.08. The fourth-order valence-electron chi connectivity index (χ4n) is 4.08. The highest BCUT2D eigenvalue weighted by Crippen LogP contribution is 2.52. The van der Waals surface area contributed by atoms with Crippen molar-refractivity contribution in [1.29, 1.82) is 0 Å². The van der Waals surface area contributed by atoms with Gasteiger partial charge in [-0.3, -0.25) is 0 Å². The van der Waals surface area contributed by atoms with Gasteiger partial charge in [-0.2, -0.15) is 0 Å². The van der Waals surface area contributed by atoms with Crippen molar-refractivity contribution in [3.8, 4) is 0 Å². The van der Waals surface area contributed by atoms with Crippen molar-refractivity contribution < 1.29 is 4.74 Å². The largest absolute Gasteiger partial charge is 0.366 e. The standard InChI is InChI=1S/C22H30O/c1-15(2)12-13-22(5)19-11-8-17(4)20(14-19)21(23-22)18-9-6-16(3)7-10-18/h6-10,12,19-21H,11,13-14H2,1-5H3/t19-,20-,21-,22+/m0/s1. The summed E-state index contributed by atoms with van der Waals surface area (Å²) in [5.41, 5.74) is 5.48. The molecule has 3 rings (SSSR count). The first-order chi connectivity index (χ1) is 10.9. The van der Waals surface area contributed by atoms with Gasteiger partial charge in [0.05, 0.1) is 11.7 Å². The van der Waals surface area contributed by atoms with E-state index in [4.69, 9.17) is 4.74 Å². The van der Waals surface area contributed by atoms with E-state index in [0.717, 1.165) is 12.8 Å². The lowest BCUT2D eigenvalue weighted by Gasteiger charge is -2.51. The van der Waals surface area contributed by atoms with Crippen LogP contribution in [0, 0.1) is 18.8 Å². The topological polar surface area (TPSA) is 9.23 Å². The molecule has 0 spiro atoms. The minimum atomic E-state index is -0.0550. The second-order valence-electron chi connectivity index (χ2n) is 7.97. The Morgan fingerprint density at radius 3 is 2.57 bits per heavy atom. The van der Waals surface area contributed by atoms with Gasteiger partial charge in [-0.1, -0.05) is 53.1 Å². The maximum atomic E-state index is 6.80. The van der Waals surface area contributed by atoms with Crippen LogP contribution in [-0.4, -0.2) is 5.60 Å². The molecule has 1 aliphatic carbocycles. The Kier molecular flexibility index (Phi) is 4.51. The molecule has 4 atom stereocenters. The maximum Gasteiger partial charge on any atom is 0.0897 e. The SMILES string of the molecule is CC(C)=CC[C@@]1(C)O[C@@H](c2ccc(C)cc2)[C@H]2C[C@@H]1CC=C2C. The predicted molar refractivity (Wildman–Crippen MR) is 97.4 cm³/mol. The number of allylic oxidation sites excluding steroid dienone is 2. The molecule has 1 aromatic rings. The summed E-state index contributed by atoms with van der Waals surface area (Å²) >= 11 is 0. The highest BCUT2D eigenvalue weighted by Gasteiger charge is 2.47. The van der Waals surface area contributed by atoms with Crippen LogP contribution in [0.5, 0.6) is 0 Å². The van der Waals surface area contributed by atoms with Crippen molar-refractivity contribution in [1.82, 2.24) is 0 Å². The minimum Gasteiger partial charge on any atom is -0.366 e. The normalized spacial score (nSPS) is 33.1. The lowest BCUT2D eigenvalue weighted by Crippen LogP contribution is -2.47. The summed E-state index contributed by atoms with van der Waals surface area (Å²) in [5, 5.41) is 0. The first kappa shape index (κ1) is 16.5. The highest BCUT2D eigenvalue weighted by molar-refractivity contribution is 5.28. The Bertz CT molecular complexity index is 618. The third-order valence-corrected chi connectivity index (χ3v) is 5.79. The van der Waals surface area contributed by atoms with Crippen molar-refractivity contribution >= 4 is 0 Å². The summed E-state index contributed by atoms with van der Waals surface area (Å²) in [6.45, 7) is 11.1. The Hall–Kier alpha value is -1.34. The first-order valence-electron chi connectivity index (χ1n) is 8.93. The average molecular weight is 310 g/mol. The third-order valence-electron chi connectivity index (χ3n) is 5.79. The van der Waals surface area contributed by atoms with E-state index in [2.05, 4.69) is 71.0 Å². The molecule has 2 aliphatic rings. The van der Waals surface area contributed by atoms with Crippen LogP contribution in [-0.2, 0) is 4.74 Å². The minimum absolute atomic E-state index is 0.0550. The van der Waals surface area contributed by atoms with E-state index >= 15 is 0 Å². The van der Waals surface area contributed by atoms with Gasteiger partial charge in [0.2, 0.25) is 0 Å². The first-order valence-corrected chi connectivity index (χ1v) is 8.93. The summed E-state index contributed by atoms with van der Waals surface area (Å²) in [6.07, 6.45) is 8.44. The van der Waals surface area contributed by atoms with Gasteiger partial charge in [-0.05, 0) is 65.4 Å². The average Bonchev–Trinajstić information content (AvgIpc) is 2.52. The lowest BCUT2D eigenvalue weighted by atomic mass is 9.67. The van der Waals surface area contributed by atoms with E-state index in [0.29, 0.717) is 11.8 Å². The molecular weight excluding hydrogens is 280 g/mol. The lowest BCUT2D eigenvalue weighted by molar-refractivity contribution is -0.175. The van der Waals surface area contributed by atoms with Crippen LogP contribution < -0.4 is 0 Å². The van der Waals surface area contributed by atoms with E-state index in [1.165, 1.54) is 28.7 Å². The van der Waals surface area contributed by atoms with Gasteiger partial charge in [0.15, 0.2) is 0 Å². The molecule has 0 saturated carbocycles. The van der Waals surface area contributed by atoms with E-state index in [1.54, 1.807) is 0 Å². The Labute approximate surface area is 141 Å². The van der Waals surface area contributed by atoms with Gasteiger partial charge in [0.25, 0.3) is 0 Å². The number of fused-ring (bicyclic) bond motifs is 2. The number of benzene rings is 1. The van der Waals surface area contributed by atoms with Crippen molar-refractivity contribution in [2.45, 2.75) is 65.6 Å². The maximum absolute atomic E-state index is 6.80. The van der Waals surface area contributed by atoms with Gasteiger partial charge in [0.1, 0.15) is 0 Å². The summed E-state index contributed by atoms with van der Waals surface area (Å²) in [5.74, 6) is 1.17. The Morgan fingerprint density at radius 1 is 1.22 bits per heavy atom. The molecule has 23 heavy (non-hydrogen) atoms. The molecule has 0 radical (unpaired) electrons.